The van der Waals surface area contributed by atoms with Gasteiger partial charge in [-0.3, -0.25) is 4.79 Å². The van der Waals surface area contributed by atoms with Gasteiger partial charge in [-0.05, 0) is 37.6 Å². The van der Waals surface area contributed by atoms with E-state index in [0.29, 0.717) is 22.8 Å². The van der Waals surface area contributed by atoms with Crippen LogP contribution in [-0.2, 0) is 0 Å². The summed E-state index contributed by atoms with van der Waals surface area (Å²) in [6.45, 7) is 8.43. The Labute approximate surface area is 184 Å². The molecule has 0 bridgehead atoms. The van der Waals surface area contributed by atoms with Crippen LogP contribution in [0.2, 0.25) is 0 Å². The molecule has 2 aromatic heterocycles. The first kappa shape index (κ1) is 20.5. The highest BCUT2D eigenvalue weighted by Gasteiger charge is 2.15. The lowest BCUT2D eigenvalue weighted by Crippen LogP contribution is -2.23. The van der Waals surface area contributed by atoms with Crippen molar-refractivity contribution in [2.24, 2.45) is 5.10 Å². The van der Waals surface area contributed by atoms with Gasteiger partial charge < -0.3 is 4.57 Å². The van der Waals surface area contributed by atoms with Gasteiger partial charge in [0.2, 0.25) is 0 Å². The Bertz CT molecular complexity index is 1320. The van der Waals surface area contributed by atoms with Crippen molar-refractivity contribution in [1.82, 2.24) is 14.2 Å². The Hall–Kier alpha value is -2.73. The third-order valence-corrected chi connectivity index (χ3v) is 5.99. The Balaban J connectivity index is 1.90. The maximum atomic E-state index is 13.2. The zero-order valence-electron chi connectivity index (χ0n) is 17.6. The van der Waals surface area contributed by atoms with E-state index in [4.69, 9.17) is 4.98 Å². The molecule has 0 fully saturated rings. The summed E-state index contributed by atoms with van der Waals surface area (Å²) in [4.78, 5) is 18.0. The molecule has 4 aromatic rings. The van der Waals surface area contributed by atoms with Crippen LogP contribution in [0.25, 0.3) is 21.8 Å². The zero-order chi connectivity index (χ0) is 21.4. The van der Waals surface area contributed by atoms with Crippen LogP contribution in [-0.4, -0.2) is 20.4 Å². The summed E-state index contributed by atoms with van der Waals surface area (Å²) in [6.07, 6.45) is 4.93. The molecular formula is C24H25BrN4O. The van der Waals surface area contributed by atoms with Crippen molar-refractivity contribution in [2.45, 2.75) is 46.1 Å². The molecule has 5 nitrogen and oxygen atoms in total. The molecule has 0 saturated heterocycles. The van der Waals surface area contributed by atoms with E-state index in [0.717, 1.165) is 21.8 Å². The van der Waals surface area contributed by atoms with E-state index < -0.39 is 0 Å². The van der Waals surface area contributed by atoms with Crippen molar-refractivity contribution in [2.75, 3.05) is 0 Å². The van der Waals surface area contributed by atoms with Crippen molar-refractivity contribution < 1.29 is 0 Å². The van der Waals surface area contributed by atoms with Crippen LogP contribution in [0.1, 0.15) is 57.5 Å². The monoisotopic (exact) mass is 464 g/mol. The molecule has 1 atom stereocenters. The summed E-state index contributed by atoms with van der Waals surface area (Å²) < 4.78 is 4.56. The molecule has 0 amide bonds. The molecule has 6 heteroatoms. The molecule has 2 heterocycles. The second kappa shape index (κ2) is 8.19. The van der Waals surface area contributed by atoms with E-state index in [1.165, 1.54) is 10.2 Å². The Morgan fingerprint density at radius 3 is 2.63 bits per heavy atom. The summed E-state index contributed by atoms with van der Waals surface area (Å²) in [5, 5.41) is 6.29. The summed E-state index contributed by atoms with van der Waals surface area (Å²) >= 11 is 3.45. The zero-order valence-corrected chi connectivity index (χ0v) is 19.2. The second-order valence-electron chi connectivity index (χ2n) is 7.91. The molecule has 0 unspecified atom stereocenters. The Morgan fingerprint density at radius 2 is 1.90 bits per heavy atom. The number of halogens is 1. The Kier molecular flexibility index (Phi) is 5.60. The van der Waals surface area contributed by atoms with Gasteiger partial charge in [-0.15, -0.1) is 0 Å². The fourth-order valence-corrected chi connectivity index (χ4v) is 4.03. The average Bonchev–Trinajstić information content (AvgIpc) is 3.11. The topological polar surface area (TPSA) is 52.2 Å². The van der Waals surface area contributed by atoms with Crippen LogP contribution in [0.15, 0.2) is 63.0 Å². The van der Waals surface area contributed by atoms with E-state index >= 15 is 0 Å². The molecule has 0 aliphatic carbocycles. The number of nitrogens with zero attached hydrogens (tertiary/aromatic N) is 4. The summed E-state index contributed by atoms with van der Waals surface area (Å²) in [6, 6.07) is 14.2. The van der Waals surface area contributed by atoms with Gasteiger partial charge in [0.1, 0.15) is 5.82 Å². The highest BCUT2D eigenvalue weighted by atomic mass is 79.9. The van der Waals surface area contributed by atoms with Crippen LogP contribution >= 0.6 is 15.9 Å². The molecule has 30 heavy (non-hydrogen) atoms. The molecule has 0 saturated carbocycles. The normalized spacial score (nSPS) is 13.1. The molecule has 0 aliphatic heterocycles. The minimum atomic E-state index is -0.160. The molecule has 0 N–H and O–H groups in total. The first-order valence-corrected chi connectivity index (χ1v) is 11.1. The van der Waals surface area contributed by atoms with E-state index in [9.17, 15) is 4.79 Å². The molecule has 4 rings (SSSR count). The van der Waals surface area contributed by atoms with Crippen molar-refractivity contribution in [1.29, 1.82) is 0 Å². The number of benzene rings is 2. The number of hydrogen-bond donors (Lipinski definition) is 0. The lowest BCUT2D eigenvalue weighted by Gasteiger charge is -2.12. The standard InChI is InChI=1S/C24H25BrN4O/c1-5-16(4)28-14-17(19-8-6-7-9-22(19)28)13-26-29-23(15(2)3)27-21-11-10-18(25)12-20(21)24(29)30/h6-16H,5H2,1-4H3/t16-/m0/s1. The van der Waals surface area contributed by atoms with Crippen LogP contribution in [0.4, 0.5) is 0 Å². The fraction of sp³-hybridized carbons (Fsp3) is 0.292. The SMILES string of the molecule is CC[C@H](C)n1cc(C=Nn2c(C(C)C)nc3ccc(Br)cc3c2=O)c2ccccc21. The summed E-state index contributed by atoms with van der Waals surface area (Å²) in [5.41, 5.74) is 2.69. The van der Waals surface area contributed by atoms with Gasteiger partial charge >= 0.3 is 0 Å². The van der Waals surface area contributed by atoms with Crippen LogP contribution in [0.3, 0.4) is 0 Å². The van der Waals surface area contributed by atoms with E-state index in [1.54, 1.807) is 12.3 Å². The van der Waals surface area contributed by atoms with Crippen LogP contribution in [0.5, 0.6) is 0 Å². The number of aromatic nitrogens is 3. The van der Waals surface area contributed by atoms with Gasteiger partial charge in [-0.1, -0.05) is 54.9 Å². The van der Waals surface area contributed by atoms with E-state index in [-0.39, 0.29) is 11.5 Å². The average molecular weight is 465 g/mol. The molecule has 0 aliphatic rings. The van der Waals surface area contributed by atoms with Crippen molar-refractivity contribution >= 4 is 44.0 Å². The first-order chi connectivity index (χ1) is 14.4. The maximum Gasteiger partial charge on any atom is 0.282 e. The second-order valence-corrected chi connectivity index (χ2v) is 8.83. The molecule has 2 aromatic carbocycles. The minimum absolute atomic E-state index is 0.0596. The number of para-hydroxylation sites is 1. The van der Waals surface area contributed by atoms with Crippen molar-refractivity contribution in [3.8, 4) is 0 Å². The minimum Gasteiger partial charge on any atom is -0.344 e. The Morgan fingerprint density at radius 1 is 1.13 bits per heavy atom. The van der Waals surface area contributed by atoms with Gasteiger partial charge in [0.05, 0.1) is 17.1 Å². The van der Waals surface area contributed by atoms with Gasteiger partial charge in [0.25, 0.3) is 5.56 Å². The highest BCUT2D eigenvalue weighted by Crippen LogP contribution is 2.25. The highest BCUT2D eigenvalue weighted by molar-refractivity contribution is 9.10. The third kappa shape index (κ3) is 3.60. The molecule has 0 spiro atoms. The van der Waals surface area contributed by atoms with Gasteiger partial charge in [0.15, 0.2) is 0 Å². The van der Waals surface area contributed by atoms with Gasteiger partial charge in [-0.25, -0.2) is 4.98 Å². The van der Waals surface area contributed by atoms with Crippen LogP contribution < -0.4 is 5.56 Å². The first-order valence-electron chi connectivity index (χ1n) is 10.3. The van der Waals surface area contributed by atoms with Crippen molar-refractivity contribution in [3.05, 3.63) is 74.9 Å². The quantitative estimate of drug-likeness (QED) is 0.335. The summed E-state index contributed by atoms with van der Waals surface area (Å²) in [7, 11) is 0. The molecular weight excluding hydrogens is 440 g/mol. The maximum absolute atomic E-state index is 13.2. The van der Waals surface area contributed by atoms with Crippen molar-refractivity contribution in [3.63, 3.8) is 0 Å². The number of fused-ring (bicyclic) bond motifs is 2. The molecule has 154 valence electrons. The predicted octanol–water partition coefficient (Wildman–Crippen LogP) is 6.09. The van der Waals surface area contributed by atoms with E-state index in [1.807, 2.05) is 32.0 Å². The van der Waals surface area contributed by atoms with E-state index in [2.05, 4.69) is 63.8 Å². The lowest BCUT2D eigenvalue weighted by molar-refractivity contribution is 0.548. The molecule has 0 radical (unpaired) electrons. The predicted molar refractivity (Wildman–Crippen MR) is 128 cm³/mol. The van der Waals surface area contributed by atoms with Gasteiger partial charge in [-0.2, -0.15) is 9.78 Å². The largest absolute Gasteiger partial charge is 0.344 e. The summed E-state index contributed by atoms with van der Waals surface area (Å²) in [5.74, 6) is 0.709. The number of hydrogen-bond acceptors (Lipinski definition) is 3. The van der Waals surface area contributed by atoms with Gasteiger partial charge in [0, 0.05) is 39.1 Å². The number of rotatable bonds is 5. The fourth-order valence-electron chi connectivity index (χ4n) is 3.67. The van der Waals surface area contributed by atoms with Crippen LogP contribution in [0, 0.1) is 0 Å². The third-order valence-electron chi connectivity index (χ3n) is 5.50. The lowest BCUT2D eigenvalue weighted by atomic mass is 10.2. The smallest absolute Gasteiger partial charge is 0.282 e.